The van der Waals surface area contributed by atoms with Gasteiger partial charge in [-0.3, -0.25) is 9.46 Å². The molecule has 0 spiro atoms. The predicted octanol–water partition coefficient (Wildman–Crippen LogP) is 5.24. The van der Waals surface area contributed by atoms with E-state index < -0.39 is 7.44 Å². The van der Waals surface area contributed by atoms with Crippen LogP contribution in [0.3, 0.4) is 0 Å². The van der Waals surface area contributed by atoms with Crippen LogP contribution in [0.5, 0.6) is 0 Å². The van der Waals surface area contributed by atoms with Crippen LogP contribution < -0.4 is 9.34 Å². The van der Waals surface area contributed by atoms with E-state index in [0.717, 1.165) is 43.1 Å². The molecule has 0 N–H and O–H groups in total. The maximum atomic E-state index is 15.4. The Balaban J connectivity index is 1.68. The number of anilines is 2. The highest BCUT2D eigenvalue weighted by Gasteiger charge is 2.52. The van der Waals surface area contributed by atoms with Crippen LogP contribution in [-0.2, 0) is 9.30 Å². The van der Waals surface area contributed by atoms with Crippen LogP contribution in [0.1, 0.15) is 11.3 Å². The largest absolute Gasteiger partial charge is 0.379 e. The highest BCUT2D eigenvalue weighted by molar-refractivity contribution is 7.67. The molecule has 2 saturated heterocycles. The fraction of sp³-hybridized carbons (Fsp3) is 0.280. The first-order valence-electron chi connectivity index (χ1n) is 10.9. The van der Waals surface area contributed by atoms with Crippen LogP contribution in [0.15, 0.2) is 91.0 Å². The Kier molecular flexibility index (Phi) is 5.82. The third kappa shape index (κ3) is 3.78. The first kappa shape index (κ1) is 20.3. The monoisotopic (exact) mass is 433 g/mol. The standard InChI is InChI=1S/C25H28N3O2P/c29-31(25(22-10-4-1-5-11-22)26-18-20-30-21-19-26)27(23-12-6-2-7-13-23)16-17-28(31)24-14-8-3-9-15-24/h1-15,25H,16-21H2/t25-/m0/s1. The minimum Gasteiger partial charge on any atom is -0.379 e. The predicted molar refractivity (Wildman–Crippen MR) is 127 cm³/mol. The molecule has 0 unspecified atom stereocenters. The Morgan fingerprint density at radius 1 is 0.645 bits per heavy atom. The summed E-state index contributed by atoms with van der Waals surface area (Å²) in [6, 6.07) is 30.8. The number of para-hydroxylation sites is 2. The first-order valence-corrected chi connectivity index (χ1v) is 12.6. The van der Waals surface area contributed by atoms with Crippen LogP contribution in [-0.4, -0.2) is 44.3 Å². The molecule has 5 rings (SSSR count). The molecule has 0 saturated carbocycles. The van der Waals surface area contributed by atoms with E-state index in [1.807, 2.05) is 54.6 Å². The van der Waals surface area contributed by atoms with Crippen molar-refractivity contribution in [1.82, 2.24) is 4.90 Å². The summed E-state index contributed by atoms with van der Waals surface area (Å²) in [5.41, 5.74) is 3.12. The topological polar surface area (TPSA) is 36.0 Å². The van der Waals surface area contributed by atoms with Gasteiger partial charge in [0.05, 0.1) is 13.2 Å². The fourth-order valence-electron chi connectivity index (χ4n) is 4.72. The molecule has 1 atom stereocenters. The van der Waals surface area contributed by atoms with E-state index in [2.05, 4.69) is 50.6 Å². The molecule has 2 fully saturated rings. The molecule has 0 aromatic heterocycles. The summed E-state index contributed by atoms with van der Waals surface area (Å²) < 4.78 is 25.4. The zero-order valence-corrected chi connectivity index (χ0v) is 18.5. The lowest BCUT2D eigenvalue weighted by Crippen LogP contribution is -2.42. The number of ether oxygens (including phenoxy) is 1. The molecule has 0 radical (unpaired) electrons. The maximum absolute atomic E-state index is 15.4. The Morgan fingerprint density at radius 2 is 1.10 bits per heavy atom. The van der Waals surface area contributed by atoms with Gasteiger partial charge in [-0.25, -0.2) is 0 Å². The van der Waals surface area contributed by atoms with Crippen molar-refractivity contribution < 1.29 is 9.30 Å². The zero-order valence-electron chi connectivity index (χ0n) is 17.6. The van der Waals surface area contributed by atoms with Crippen molar-refractivity contribution in [2.75, 3.05) is 48.7 Å². The van der Waals surface area contributed by atoms with Gasteiger partial charge in [-0.05, 0) is 29.8 Å². The van der Waals surface area contributed by atoms with Gasteiger partial charge < -0.3 is 14.1 Å². The van der Waals surface area contributed by atoms with E-state index in [4.69, 9.17) is 4.74 Å². The molecule has 2 heterocycles. The second kappa shape index (κ2) is 8.88. The van der Waals surface area contributed by atoms with E-state index in [0.29, 0.717) is 13.2 Å². The van der Waals surface area contributed by atoms with Crippen molar-refractivity contribution in [1.29, 1.82) is 0 Å². The lowest BCUT2D eigenvalue weighted by Gasteiger charge is -2.44. The summed E-state index contributed by atoms with van der Waals surface area (Å²) in [7, 11) is -3.10. The summed E-state index contributed by atoms with van der Waals surface area (Å²) in [5.74, 6) is -0.236. The minimum absolute atomic E-state index is 0.236. The SMILES string of the molecule is O=P1([C@@H](c2ccccc2)N2CCOCC2)N(c2ccccc2)CCN1c1ccccc1. The molecule has 6 heteroatoms. The Morgan fingerprint density at radius 3 is 1.58 bits per heavy atom. The van der Waals surface area contributed by atoms with Crippen molar-refractivity contribution in [2.45, 2.75) is 5.78 Å². The quantitative estimate of drug-likeness (QED) is 0.515. The molecule has 0 amide bonds. The van der Waals surface area contributed by atoms with Crippen LogP contribution in [0, 0.1) is 0 Å². The van der Waals surface area contributed by atoms with Crippen LogP contribution in [0.2, 0.25) is 0 Å². The highest BCUT2D eigenvalue weighted by Crippen LogP contribution is 2.69. The summed E-state index contributed by atoms with van der Waals surface area (Å²) in [6.45, 7) is 4.33. The molecular weight excluding hydrogens is 405 g/mol. The van der Waals surface area contributed by atoms with E-state index in [1.54, 1.807) is 0 Å². The molecule has 2 aliphatic rings. The fourth-order valence-corrected chi connectivity index (χ4v) is 8.41. The van der Waals surface area contributed by atoms with Gasteiger partial charge in [0.1, 0.15) is 5.78 Å². The van der Waals surface area contributed by atoms with Crippen molar-refractivity contribution in [3.63, 3.8) is 0 Å². The Hall–Kier alpha value is -2.59. The summed E-state index contributed by atoms with van der Waals surface area (Å²) >= 11 is 0. The van der Waals surface area contributed by atoms with E-state index in [-0.39, 0.29) is 5.78 Å². The van der Waals surface area contributed by atoms with Crippen molar-refractivity contribution in [2.24, 2.45) is 0 Å². The van der Waals surface area contributed by atoms with Crippen molar-refractivity contribution in [3.8, 4) is 0 Å². The van der Waals surface area contributed by atoms with Gasteiger partial charge in [0, 0.05) is 37.6 Å². The summed E-state index contributed by atoms with van der Waals surface area (Å²) in [6.07, 6.45) is 0. The van der Waals surface area contributed by atoms with Gasteiger partial charge in [-0.2, -0.15) is 0 Å². The minimum atomic E-state index is -3.10. The molecule has 3 aromatic rings. The number of benzene rings is 3. The van der Waals surface area contributed by atoms with Crippen LogP contribution in [0.4, 0.5) is 11.4 Å². The second-order valence-electron chi connectivity index (χ2n) is 7.94. The molecule has 0 aliphatic carbocycles. The van der Waals surface area contributed by atoms with Crippen LogP contribution in [0.25, 0.3) is 0 Å². The lowest BCUT2D eigenvalue weighted by molar-refractivity contribution is 0.0303. The van der Waals surface area contributed by atoms with E-state index in [1.165, 1.54) is 0 Å². The average Bonchev–Trinajstić information content (AvgIpc) is 3.19. The Bertz CT molecular complexity index is 975. The van der Waals surface area contributed by atoms with E-state index in [9.17, 15) is 0 Å². The van der Waals surface area contributed by atoms with Gasteiger partial charge in [-0.1, -0.05) is 66.7 Å². The smallest absolute Gasteiger partial charge is 0.284 e. The third-order valence-corrected chi connectivity index (χ3v) is 9.64. The number of morpholine rings is 1. The second-order valence-corrected chi connectivity index (χ2v) is 10.6. The molecule has 3 aromatic carbocycles. The average molecular weight is 433 g/mol. The molecular formula is C25H28N3O2P. The molecule has 0 bridgehead atoms. The van der Waals surface area contributed by atoms with Gasteiger partial charge in [0.25, 0.3) is 7.44 Å². The first-order chi connectivity index (χ1) is 15.3. The van der Waals surface area contributed by atoms with Gasteiger partial charge >= 0.3 is 0 Å². The van der Waals surface area contributed by atoms with Gasteiger partial charge in [-0.15, -0.1) is 0 Å². The van der Waals surface area contributed by atoms with Crippen molar-refractivity contribution in [3.05, 3.63) is 96.6 Å². The van der Waals surface area contributed by atoms with Crippen LogP contribution >= 0.6 is 7.44 Å². The lowest BCUT2D eigenvalue weighted by atomic mass is 10.2. The van der Waals surface area contributed by atoms with Gasteiger partial charge in [0.15, 0.2) is 0 Å². The number of hydrogen-bond acceptors (Lipinski definition) is 3. The summed E-state index contributed by atoms with van der Waals surface area (Å²) in [4.78, 5) is 2.36. The molecule has 2 aliphatic heterocycles. The summed E-state index contributed by atoms with van der Waals surface area (Å²) in [5, 5.41) is 0. The molecule has 5 nitrogen and oxygen atoms in total. The highest BCUT2D eigenvalue weighted by atomic mass is 31.2. The normalized spacial score (nSPS) is 20.0. The zero-order chi connectivity index (χ0) is 21.1. The third-order valence-electron chi connectivity index (χ3n) is 6.13. The number of rotatable bonds is 5. The number of nitrogens with zero attached hydrogens (tertiary/aromatic N) is 3. The molecule has 31 heavy (non-hydrogen) atoms. The van der Waals surface area contributed by atoms with Crippen molar-refractivity contribution >= 4 is 18.8 Å². The van der Waals surface area contributed by atoms with Gasteiger partial charge in [0.2, 0.25) is 0 Å². The Labute approximate surface area is 184 Å². The number of hydrogen-bond donors (Lipinski definition) is 0. The molecule has 160 valence electrons. The maximum Gasteiger partial charge on any atom is 0.284 e. The van der Waals surface area contributed by atoms with E-state index >= 15 is 4.57 Å².